The zero-order valence-electron chi connectivity index (χ0n) is 9.58. The van der Waals surface area contributed by atoms with Crippen LogP contribution < -0.4 is 0 Å². The van der Waals surface area contributed by atoms with E-state index in [4.69, 9.17) is 5.11 Å². The average Bonchev–Trinajstić information content (AvgIpc) is 2.19. The molecule has 84 valence electrons. The van der Waals surface area contributed by atoms with E-state index in [-0.39, 0.29) is 0 Å². The Morgan fingerprint density at radius 3 is 2.36 bits per heavy atom. The second-order valence-corrected chi connectivity index (χ2v) is 4.47. The van der Waals surface area contributed by atoms with Crippen LogP contribution in [0, 0.1) is 0 Å². The first-order valence-corrected chi connectivity index (χ1v) is 5.73. The minimum atomic E-state index is 0.341. The topological polar surface area (TPSA) is 26.7 Å². The number of hydrogen-bond acceptors (Lipinski definition) is 3. The first-order chi connectivity index (χ1) is 6.74. The van der Waals surface area contributed by atoms with Crippen LogP contribution in [0.5, 0.6) is 0 Å². The maximum absolute atomic E-state index is 8.69. The SMILES string of the molecule is CN(C)C1CCN(CCCCO)CC1. The van der Waals surface area contributed by atoms with Gasteiger partial charge < -0.3 is 14.9 Å². The minimum absolute atomic E-state index is 0.341. The van der Waals surface area contributed by atoms with Gasteiger partial charge in [0.15, 0.2) is 0 Å². The summed E-state index contributed by atoms with van der Waals surface area (Å²) in [5.74, 6) is 0. The molecule has 0 saturated carbocycles. The number of aliphatic hydroxyl groups excluding tert-OH is 1. The standard InChI is InChI=1S/C11H24N2O/c1-12(2)11-5-8-13(9-6-11)7-3-4-10-14/h11,14H,3-10H2,1-2H3. The summed E-state index contributed by atoms with van der Waals surface area (Å²) in [6, 6.07) is 0.782. The van der Waals surface area contributed by atoms with Crippen molar-refractivity contribution in [3.8, 4) is 0 Å². The van der Waals surface area contributed by atoms with Crippen molar-refractivity contribution in [1.82, 2.24) is 9.80 Å². The van der Waals surface area contributed by atoms with E-state index in [9.17, 15) is 0 Å². The van der Waals surface area contributed by atoms with Crippen LogP contribution in [-0.4, -0.2) is 61.3 Å². The van der Waals surface area contributed by atoms with Crippen LogP contribution in [-0.2, 0) is 0 Å². The molecule has 3 nitrogen and oxygen atoms in total. The van der Waals surface area contributed by atoms with E-state index in [2.05, 4.69) is 23.9 Å². The number of unbranched alkanes of at least 4 members (excludes halogenated alkanes) is 1. The second kappa shape index (κ2) is 6.38. The van der Waals surface area contributed by atoms with Gasteiger partial charge in [-0.2, -0.15) is 0 Å². The molecule has 1 saturated heterocycles. The fraction of sp³-hybridized carbons (Fsp3) is 1.00. The number of aliphatic hydroxyl groups is 1. The third-order valence-corrected chi connectivity index (χ3v) is 3.17. The largest absolute Gasteiger partial charge is 0.396 e. The second-order valence-electron chi connectivity index (χ2n) is 4.47. The molecule has 0 spiro atoms. The highest BCUT2D eigenvalue weighted by Gasteiger charge is 2.19. The van der Waals surface area contributed by atoms with E-state index in [0.717, 1.165) is 18.9 Å². The van der Waals surface area contributed by atoms with Crippen molar-refractivity contribution in [3.63, 3.8) is 0 Å². The van der Waals surface area contributed by atoms with E-state index in [1.165, 1.54) is 32.5 Å². The lowest BCUT2D eigenvalue weighted by atomic mass is 10.0. The Balaban J connectivity index is 2.09. The highest BCUT2D eigenvalue weighted by atomic mass is 16.2. The van der Waals surface area contributed by atoms with E-state index >= 15 is 0 Å². The first kappa shape index (κ1) is 12.0. The molecule has 0 aromatic heterocycles. The van der Waals surface area contributed by atoms with Gasteiger partial charge in [-0.1, -0.05) is 0 Å². The summed E-state index contributed by atoms with van der Waals surface area (Å²) >= 11 is 0. The maximum atomic E-state index is 8.69. The van der Waals surface area contributed by atoms with Crippen molar-refractivity contribution in [2.24, 2.45) is 0 Å². The van der Waals surface area contributed by atoms with Gasteiger partial charge in [0, 0.05) is 12.6 Å². The zero-order valence-corrected chi connectivity index (χ0v) is 9.58. The molecule has 0 aromatic carbocycles. The summed E-state index contributed by atoms with van der Waals surface area (Å²) in [7, 11) is 4.35. The number of rotatable bonds is 5. The predicted molar refractivity (Wildman–Crippen MR) is 59.5 cm³/mol. The molecule has 0 bridgehead atoms. The van der Waals surface area contributed by atoms with Gasteiger partial charge in [-0.3, -0.25) is 0 Å². The van der Waals surface area contributed by atoms with E-state index in [0.29, 0.717) is 6.61 Å². The van der Waals surface area contributed by atoms with Crippen LogP contribution in [0.15, 0.2) is 0 Å². The van der Waals surface area contributed by atoms with E-state index < -0.39 is 0 Å². The lowest BCUT2D eigenvalue weighted by molar-refractivity contribution is 0.141. The quantitative estimate of drug-likeness (QED) is 0.665. The normalized spacial score (nSPS) is 20.6. The molecule has 14 heavy (non-hydrogen) atoms. The number of nitrogens with zero attached hydrogens (tertiary/aromatic N) is 2. The first-order valence-electron chi connectivity index (χ1n) is 5.73. The van der Waals surface area contributed by atoms with Gasteiger partial charge in [-0.05, 0) is 59.4 Å². The van der Waals surface area contributed by atoms with E-state index in [1.54, 1.807) is 0 Å². The summed E-state index contributed by atoms with van der Waals surface area (Å²) in [6.07, 6.45) is 4.69. The molecule has 0 aromatic rings. The van der Waals surface area contributed by atoms with Gasteiger partial charge in [-0.25, -0.2) is 0 Å². The molecule has 0 atom stereocenters. The van der Waals surface area contributed by atoms with Crippen molar-refractivity contribution in [1.29, 1.82) is 0 Å². The molecule has 0 aliphatic carbocycles. The van der Waals surface area contributed by atoms with E-state index in [1.807, 2.05) is 0 Å². The lowest BCUT2D eigenvalue weighted by Gasteiger charge is -2.35. The molecule has 1 heterocycles. The summed E-state index contributed by atoms with van der Waals surface area (Å²) in [5, 5.41) is 8.69. The summed E-state index contributed by atoms with van der Waals surface area (Å²) in [6.45, 7) is 3.97. The van der Waals surface area contributed by atoms with Crippen LogP contribution in [0.1, 0.15) is 25.7 Å². The fourth-order valence-electron chi connectivity index (χ4n) is 2.11. The van der Waals surface area contributed by atoms with Gasteiger partial charge >= 0.3 is 0 Å². The molecule has 0 radical (unpaired) electrons. The zero-order chi connectivity index (χ0) is 10.4. The van der Waals surface area contributed by atoms with Gasteiger partial charge in [-0.15, -0.1) is 0 Å². The Labute approximate surface area is 87.7 Å². The highest BCUT2D eigenvalue weighted by molar-refractivity contribution is 4.76. The van der Waals surface area contributed by atoms with Gasteiger partial charge in [0.1, 0.15) is 0 Å². The molecule has 1 rings (SSSR count). The maximum Gasteiger partial charge on any atom is 0.0431 e. The molecule has 1 aliphatic heterocycles. The Bertz CT molecular complexity index is 142. The molecule has 1 aliphatic rings. The fourth-order valence-corrected chi connectivity index (χ4v) is 2.11. The Morgan fingerprint density at radius 1 is 1.21 bits per heavy atom. The van der Waals surface area contributed by atoms with Crippen molar-refractivity contribution < 1.29 is 5.11 Å². The Kier molecular flexibility index (Phi) is 5.45. The van der Waals surface area contributed by atoms with Crippen LogP contribution in [0.3, 0.4) is 0 Å². The molecule has 0 unspecified atom stereocenters. The van der Waals surface area contributed by atoms with Crippen LogP contribution in [0.2, 0.25) is 0 Å². The summed E-state index contributed by atoms with van der Waals surface area (Å²) < 4.78 is 0. The van der Waals surface area contributed by atoms with Gasteiger partial charge in [0.25, 0.3) is 0 Å². The predicted octanol–water partition coefficient (Wildman–Crippen LogP) is 0.785. The number of likely N-dealkylation sites (tertiary alicyclic amines) is 1. The van der Waals surface area contributed by atoms with Gasteiger partial charge in [0.05, 0.1) is 0 Å². The molecular formula is C11H24N2O. The average molecular weight is 200 g/mol. The summed E-state index contributed by atoms with van der Waals surface area (Å²) in [4.78, 5) is 4.86. The molecule has 0 amide bonds. The van der Waals surface area contributed by atoms with Crippen molar-refractivity contribution >= 4 is 0 Å². The third-order valence-electron chi connectivity index (χ3n) is 3.17. The minimum Gasteiger partial charge on any atom is -0.396 e. The van der Waals surface area contributed by atoms with Crippen LogP contribution in [0.25, 0.3) is 0 Å². The number of hydrogen-bond donors (Lipinski definition) is 1. The van der Waals surface area contributed by atoms with Crippen LogP contribution in [0.4, 0.5) is 0 Å². The molecular weight excluding hydrogens is 176 g/mol. The van der Waals surface area contributed by atoms with Crippen molar-refractivity contribution in [3.05, 3.63) is 0 Å². The van der Waals surface area contributed by atoms with Crippen molar-refractivity contribution in [2.75, 3.05) is 40.3 Å². The monoisotopic (exact) mass is 200 g/mol. The van der Waals surface area contributed by atoms with Crippen molar-refractivity contribution in [2.45, 2.75) is 31.7 Å². The smallest absolute Gasteiger partial charge is 0.0431 e. The Morgan fingerprint density at radius 2 is 1.86 bits per heavy atom. The van der Waals surface area contributed by atoms with Gasteiger partial charge in [0.2, 0.25) is 0 Å². The molecule has 1 N–H and O–H groups in total. The molecule has 3 heteroatoms. The Hall–Kier alpha value is -0.120. The number of piperidine rings is 1. The molecule has 1 fully saturated rings. The van der Waals surface area contributed by atoms with Crippen LogP contribution >= 0.6 is 0 Å². The lowest BCUT2D eigenvalue weighted by Crippen LogP contribution is -2.42. The highest BCUT2D eigenvalue weighted by Crippen LogP contribution is 2.14. The summed E-state index contributed by atoms with van der Waals surface area (Å²) in [5.41, 5.74) is 0. The third kappa shape index (κ3) is 3.95.